The maximum atomic E-state index is 11.5. The molecule has 0 atom stereocenters. The third-order valence-corrected chi connectivity index (χ3v) is 2.33. The molecule has 0 saturated heterocycles. The van der Waals surface area contributed by atoms with E-state index in [4.69, 9.17) is 0 Å². The predicted octanol–water partition coefficient (Wildman–Crippen LogP) is 2.60. The Morgan fingerprint density at radius 3 is 2.20 bits per heavy atom. The maximum Gasteiger partial charge on any atom is 0.229 e. The summed E-state index contributed by atoms with van der Waals surface area (Å²) in [6.07, 6.45) is 3.98. The van der Waals surface area contributed by atoms with Crippen LogP contribution in [0.1, 0.15) is 52.9 Å². The Kier molecular flexibility index (Phi) is 7.01. The highest BCUT2D eigenvalue weighted by molar-refractivity contribution is 5.94. The second-order valence-electron chi connectivity index (χ2n) is 4.40. The number of amides is 2. The maximum absolute atomic E-state index is 11.5. The van der Waals surface area contributed by atoms with Crippen LogP contribution in [0.25, 0.3) is 0 Å². The van der Waals surface area contributed by atoms with Crippen molar-refractivity contribution in [3.05, 3.63) is 0 Å². The van der Waals surface area contributed by atoms with Gasteiger partial charge in [0, 0.05) is 19.9 Å². The lowest BCUT2D eigenvalue weighted by Crippen LogP contribution is -2.33. The molecular formula is C12H23NO2. The van der Waals surface area contributed by atoms with Crippen molar-refractivity contribution in [3.63, 3.8) is 0 Å². The van der Waals surface area contributed by atoms with E-state index in [0.29, 0.717) is 18.8 Å². The molecule has 0 aromatic carbocycles. The molecule has 0 bridgehead atoms. The van der Waals surface area contributed by atoms with Gasteiger partial charge in [0.2, 0.25) is 11.8 Å². The van der Waals surface area contributed by atoms with Gasteiger partial charge in [-0.3, -0.25) is 14.5 Å². The highest BCUT2D eigenvalue weighted by Crippen LogP contribution is 2.06. The van der Waals surface area contributed by atoms with Crippen molar-refractivity contribution in [2.75, 3.05) is 7.05 Å². The molecule has 0 saturated carbocycles. The van der Waals surface area contributed by atoms with Crippen molar-refractivity contribution < 1.29 is 9.59 Å². The molecule has 0 aliphatic heterocycles. The zero-order chi connectivity index (χ0) is 11.8. The first-order valence-electron chi connectivity index (χ1n) is 5.78. The highest BCUT2D eigenvalue weighted by Gasteiger charge is 2.16. The fourth-order valence-corrected chi connectivity index (χ4v) is 1.32. The van der Waals surface area contributed by atoms with Gasteiger partial charge in [-0.05, 0) is 12.3 Å². The minimum Gasteiger partial charge on any atom is -0.286 e. The van der Waals surface area contributed by atoms with Gasteiger partial charge in [-0.2, -0.15) is 0 Å². The Balaban J connectivity index is 3.91. The Labute approximate surface area is 92.8 Å². The quantitative estimate of drug-likeness (QED) is 0.636. The van der Waals surface area contributed by atoms with Gasteiger partial charge in [0.25, 0.3) is 0 Å². The van der Waals surface area contributed by atoms with E-state index in [-0.39, 0.29) is 11.8 Å². The summed E-state index contributed by atoms with van der Waals surface area (Å²) in [6, 6.07) is 0. The van der Waals surface area contributed by atoms with Crippen molar-refractivity contribution in [2.24, 2.45) is 5.92 Å². The lowest BCUT2D eigenvalue weighted by atomic mass is 10.1. The van der Waals surface area contributed by atoms with Crippen LogP contribution in [-0.4, -0.2) is 23.8 Å². The number of nitrogens with zero attached hydrogens (tertiary/aromatic N) is 1. The first kappa shape index (κ1) is 14.1. The van der Waals surface area contributed by atoms with E-state index >= 15 is 0 Å². The Morgan fingerprint density at radius 2 is 1.73 bits per heavy atom. The molecule has 0 radical (unpaired) electrons. The number of rotatable bonds is 6. The van der Waals surface area contributed by atoms with Crippen molar-refractivity contribution in [1.82, 2.24) is 4.90 Å². The molecule has 88 valence electrons. The summed E-state index contributed by atoms with van der Waals surface area (Å²) in [4.78, 5) is 24.4. The molecule has 0 aromatic heterocycles. The number of unbranched alkanes of at least 4 members (excludes halogenated alkanes) is 2. The summed E-state index contributed by atoms with van der Waals surface area (Å²) in [5.74, 6) is 0.198. The first-order valence-corrected chi connectivity index (χ1v) is 5.78. The van der Waals surface area contributed by atoms with Gasteiger partial charge in [-0.15, -0.1) is 0 Å². The topological polar surface area (TPSA) is 37.4 Å². The molecule has 3 nitrogen and oxygen atoms in total. The highest BCUT2D eigenvalue weighted by atomic mass is 16.2. The van der Waals surface area contributed by atoms with Crippen LogP contribution in [0.3, 0.4) is 0 Å². The van der Waals surface area contributed by atoms with Crippen LogP contribution in [0.2, 0.25) is 0 Å². The molecule has 0 unspecified atom stereocenters. The predicted molar refractivity (Wildman–Crippen MR) is 61.4 cm³/mol. The number of hydrogen-bond donors (Lipinski definition) is 0. The summed E-state index contributed by atoms with van der Waals surface area (Å²) in [5, 5.41) is 0. The number of imide groups is 1. The van der Waals surface area contributed by atoms with E-state index in [9.17, 15) is 9.59 Å². The largest absolute Gasteiger partial charge is 0.286 e. The van der Waals surface area contributed by atoms with Crippen molar-refractivity contribution >= 4 is 11.8 Å². The summed E-state index contributed by atoms with van der Waals surface area (Å²) >= 11 is 0. The van der Waals surface area contributed by atoms with Crippen molar-refractivity contribution in [1.29, 1.82) is 0 Å². The van der Waals surface area contributed by atoms with Crippen LogP contribution in [-0.2, 0) is 9.59 Å². The monoisotopic (exact) mass is 213 g/mol. The summed E-state index contributed by atoms with van der Waals surface area (Å²) < 4.78 is 0. The first-order chi connectivity index (χ1) is 6.99. The van der Waals surface area contributed by atoms with Crippen LogP contribution in [0.15, 0.2) is 0 Å². The molecule has 0 fully saturated rings. The minimum absolute atomic E-state index is 0.0471. The SMILES string of the molecule is CCCCCC(=O)N(C)C(=O)CC(C)C. The lowest BCUT2D eigenvalue weighted by molar-refractivity contribution is -0.143. The Hall–Kier alpha value is -0.860. The third-order valence-electron chi connectivity index (χ3n) is 2.33. The Bertz CT molecular complexity index is 212. The molecule has 0 spiro atoms. The summed E-state index contributed by atoms with van der Waals surface area (Å²) in [6.45, 7) is 6.05. The molecule has 0 rings (SSSR count). The van der Waals surface area contributed by atoms with E-state index < -0.39 is 0 Å². The third kappa shape index (κ3) is 6.26. The fourth-order valence-electron chi connectivity index (χ4n) is 1.32. The van der Waals surface area contributed by atoms with Gasteiger partial charge in [0.1, 0.15) is 0 Å². The molecule has 0 aliphatic rings. The average molecular weight is 213 g/mol. The molecule has 0 aliphatic carbocycles. The summed E-state index contributed by atoms with van der Waals surface area (Å²) in [7, 11) is 1.58. The smallest absolute Gasteiger partial charge is 0.229 e. The van der Waals surface area contributed by atoms with Gasteiger partial charge < -0.3 is 0 Å². The van der Waals surface area contributed by atoms with E-state index in [0.717, 1.165) is 19.3 Å². The molecule has 0 N–H and O–H groups in total. The van der Waals surface area contributed by atoms with Gasteiger partial charge in [0.05, 0.1) is 0 Å². The molecule has 15 heavy (non-hydrogen) atoms. The number of carbonyl (C=O) groups excluding carboxylic acids is 2. The van der Waals surface area contributed by atoms with Crippen LogP contribution < -0.4 is 0 Å². The van der Waals surface area contributed by atoms with E-state index in [1.165, 1.54) is 4.90 Å². The number of hydrogen-bond acceptors (Lipinski definition) is 2. The molecule has 0 heterocycles. The van der Waals surface area contributed by atoms with E-state index in [1.54, 1.807) is 7.05 Å². The molecule has 2 amide bonds. The van der Waals surface area contributed by atoms with Crippen LogP contribution in [0, 0.1) is 5.92 Å². The van der Waals surface area contributed by atoms with Crippen LogP contribution in [0.5, 0.6) is 0 Å². The van der Waals surface area contributed by atoms with Gasteiger partial charge in [-0.1, -0.05) is 33.6 Å². The second-order valence-corrected chi connectivity index (χ2v) is 4.40. The van der Waals surface area contributed by atoms with E-state index in [1.807, 2.05) is 13.8 Å². The van der Waals surface area contributed by atoms with Crippen molar-refractivity contribution in [2.45, 2.75) is 52.9 Å². The average Bonchev–Trinajstić information content (AvgIpc) is 2.15. The van der Waals surface area contributed by atoms with Gasteiger partial charge in [-0.25, -0.2) is 0 Å². The standard InChI is InChI=1S/C12H23NO2/c1-5-6-7-8-11(14)13(4)12(15)9-10(2)3/h10H,5-9H2,1-4H3. The minimum atomic E-state index is -0.0634. The second kappa shape index (κ2) is 7.43. The van der Waals surface area contributed by atoms with Gasteiger partial charge in [0.15, 0.2) is 0 Å². The van der Waals surface area contributed by atoms with Crippen LogP contribution in [0.4, 0.5) is 0 Å². The molecule has 3 heteroatoms. The zero-order valence-corrected chi connectivity index (χ0v) is 10.4. The fraction of sp³-hybridized carbons (Fsp3) is 0.833. The number of carbonyl (C=O) groups is 2. The van der Waals surface area contributed by atoms with Crippen LogP contribution >= 0.6 is 0 Å². The normalized spacial score (nSPS) is 10.5. The lowest BCUT2D eigenvalue weighted by Gasteiger charge is -2.16. The Morgan fingerprint density at radius 1 is 1.13 bits per heavy atom. The molecule has 0 aromatic rings. The molecular weight excluding hydrogens is 190 g/mol. The summed E-state index contributed by atoms with van der Waals surface area (Å²) in [5.41, 5.74) is 0. The zero-order valence-electron chi connectivity index (χ0n) is 10.4. The van der Waals surface area contributed by atoms with Gasteiger partial charge >= 0.3 is 0 Å². The van der Waals surface area contributed by atoms with Crippen molar-refractivity contribution in [3.8, 4) is 0 Å². The van der Waals surface area contributed by atoms with E-state index in [2.05, 4.69) is 6.92 Å².